The van der Waals surface area contributed by atoms with Gasteiger partial charge in [0.05, 0.1) is 20.8 Å². The van der Waals surface area contributed by atoms with Gasteiger partial charge < -0.3 is 15.8 Å². The van der Waals surface area contributed by atoms with E-state index in [4.69, 9.17) is 22.1 Å². The van der Waals surface area contributed by atoms with E-state index in [9.17, 15) is 9.59 Å². The van der Waals surface area contributed by atoms with Crippen molar-refractivity contribution in [1.29, 1.82) is 0 Å². The molecule has 3 aromatic rings. The third-order valence-electron chi connectivity index (χ3n) is 3.81. The number of hydrogen-bond donors (Lipinski definition) is 2. The molecule has 0 unspecified atom stereocenters. The second-order valence-electron chi connectivity index (χ2n) is 5.93. The fraction of sp³-hybridized carbons (Fsp3) is 0.167. The van der Waals surface area contributed by atoms with Crippen molar-refractivity contribution in [1.82, 2.24) is 4.98 Å². The minimum Gasteiger partial charge on any atom is -0.381 e. The summed E-state index contributed by atoms with van der Waals surface area (Å²) in [6.07, 6.45) is -0.946. The Morgan fingerprint density at radius 3 is 2.42 bits per heavy atom. The number of nitrogens with two attached hydrogens (primary N) is 1. The van der Waals surface area contributed by atoms with Crippen LogP contribution in [-0.4, -0.2) is 17.0 Å². The average Bonchev–Trinajstić information content (AvgIpc) is 2.89. The summed E-state index contributed by atoms with van der Waals surface area (Å²) in [5, 5.41) is 3.28. The molecule has 8 heteroatoms. The number of nitrogens with zero attached hydrogens (tertiary/aromatic N) is 1. The summed E-state index contributed by atoms with van der Waals surface area (Å²) in [5.74, 6) is -0.322. The van der Waals surface area contributed by atoms with Gasteiger partial charge in [0.15, 0.2) is 0 Å². The first-order chi connectivity index (χ1) is 12.2. The number of fused-ring (bicyclic) bond motifs is 1. The first-order valence-corrected chi connectivity index (χ1v) is 8.90. The molecule has 0 radical (unpaired) electrons. The van der Waals surface area contributed by atoms with Gasteiger partial charge in [-0.3, -0.25) is 4.79 Å². The SMILES string of the molecule is Cc1cc(C)c(NC(=O)c2cc3sc(OC(N)=O)nc3cc2Cl)c(C)c1. The van der Waals surface area contributed by atoms with Crippen LogP contribution >= 0.6 is 22.9 Å². The maximum absolute atomic E-state index is 12.7. The highest BCUT2D eigenvalue weighted by atomic mass is 35.5. The summed E-state index contributed by atoms with van der Waals surface area (Å²) in [6, 6.07) is 7.19. The zero-order chi connectivity index (χ0) is 19.0. The molecule has 1 aromatic heterocycles. The highest BCUT2D eigenvalue weighted by Crippen LogP contribution is 2.33. The number of carbonyl (C=O) groups excluding carboxylic acids is 2. The van der Waals surface area contributed by atoms with Crippen LogP contribution in [0.4, 0.5) is 10.5 Å². The number of carbonyl (C=O) groups is 2. The van der Waals surface area contributed by atoms with Crippen LogP contribution in [0.2, 0.25) is 5.02 Å². The lowest BCUT2D eigenvalue weighted by Gasteiger charge is -2.13. The van der Waals surface area contributed by atoms with E-state index >= 15 is 0 Å². The van der Waals surface area contributed by atoms with Crippen molar-refractivity contribution < 1.29 is 14.3 Å². The number of rotatable bonds is 3. The molecule has 26 heavy (non-hydrogen) atoms. The van der Waals surface area contributed by atoms with Gasteiger partial charge >= 0.3 is 6.09 Å². The van der Waals surface area contributed by atoms with Crippen LogP contribution in [0.5, 0.6) is 5.19 Å². The van der Waals surface area contributed by atoms with Gasteiger partial charge in [0.1, 0.15) is 0 Å². The second kappa shape index (κ2) is 6.93. The quantitative estimate of drug-likeness (QED) is 0.685. The van der Waals surface area contributed by atoms with Crippen LogP contribution in [0.15, 0.2) is 24.3 Å². The third kappa shape index (κ3) is 3.63. The van der Waals surface area contributed by atoms with Crippen molar-refractivity contribution in [3.05, 3.63) is 51.5 Å². The molecule has 0 spiro atoms. The van der Waals surface area contributed by atoms with Crippen LogP contribution < -0.4 is 15.8 Å². The summed E-state index contributed by atoms with van der Waals surface area (Å²) in [6.45, 7) is 5.89. The largest absolute Gasteiger partial charge is 0.411 e. The van der Waals surface area contributed by atoms with Gasteiger partial charge in [-0.1, -0.05) is 40.6 Å². The third-order valence-corrected chi connectivity index (χ3v) is 5.01. The van der Waals surface area contributed by atoms with Gasteiger partial charge in [-0.05, 0) is 44.0 Å². The Hall–Kier alpha value is -2.64. The Labute approximate surface area is 158 Å². The Bertz CT molecular complexity index is 1020. The van der Waals surface area contributed by atoms with Crippen LogP contribution in [0.3, 0.4) is 0 Å². The van der Waals surface area contributed by atoms with Crippen LogP contribution in [0.1, 0.15) is 27.0 Å². The van der Waals surface area contributed by atoms with Crippen LogP contribution in [-0.2, 0) is 0 Å². The van der Waals surface area contributed by atoms with E-state index in [1.807, 2.05) is 32.9 Å². The lowest BCUT2D eigenvalue weighted by atomic mass is 10.0. The van der Waals surface area contributed by atoms with Gasteiger partial charge in [-0.25, -0.2) is 9.78 Å². The minimum absolute atomic E-state index is 0.103. The topological polar surface area (TPSA) is 94.3 Å². The van der Waals surface area contributed by atoms with E-state index in [1.54, 1.807) is 12.1 Å². The molecule has 3 rings (SSSR count). The first kappa shape index (κ1) is 18.2. The molecule has 0 saturated heterocycles. The van der Waals surface area contributed by atoms with Crippen molar-refractivity contribution >= 4 is 50.8 Å². The first-order valence-electron chi connectivity index (χ1n) is 7.71. The highest BCUT2D eigenvalue weighted by molar-refractivity contribution is 7.20. The zero-order valence-corrected chi connectivity index (χ0v) is 15.9. The molecule has 0 atom stereocenters. The van der Waals surface area contributed by atoms with Crippen molar-refractivity contribution in [2.75, 3.05) is 5.32 Å². The molecule has 0 saturated carbocycles. The number of halogens is 1. The number of primary amides is 1. The zero-order valence-electron chi connectivity index (χ0n) is 14.3. The minimum atomic E-state index is -0.946. The number of aromatic nitrogens is 1. The lowest BCUT2D eigenvalue weighted by Crippen LogP contribution is -2.15. The molecule has 2 amide bonds. The van der Waals surface area contributed by atoms with E-state index in [2.05, 4.69) is 10.3 Å². The molecule has 0 fully saturated rings. The molecule has 3 N–H and O–H groups in total. The van der Waals surface area contributed by atoms with Gasteiger partial charge in [0.2, 0.25) is 0 Å². The maximum atomic E-state index is 12.7. The molecule has 0 bridgehead atoms. The number of thiazole rings is 1. The number of amides is 2. The number of aryl methyl sites for hydroxylation is 3. The smallest absolute Gasteiger partial charge is 0.381 e. The van der Waals surface area contributed by atoms with Gasteiger partial charge in [-0.15, -0.1) is 0 Å². The Morgan fingerprint density at radius 1 is 1.15 bits per heavy atom. The molecule has 1 heterocycles. The summed E-state index contributed by atoms with van der Waals surface area (Å²) in [7, 11) is 0. The van der Waals surface area contributed by atoms with Crippen molar-refractivity contribution in [3.63, 3.8) is 0 Å². The molecule has 0 aliphatic rings. The van der Waals surface area contributed by atoms with E-state index in [-0.39, 0.29) is 16.1 Å². The van der Waals surface area contributed by atoms with Crippen LogP contribution in [0.25, 0.3) is 10.2 Å². The predicted molar refractivity (Wildman–Crippen MR) is 103 cm³/mol. The number of nitrogens with one attached hydrogen (secondary N) is 1. The molecule has 6 nitrogen and oxygen atoms in total. The molecule has 2 aromatic carbocycles. The molecule has 0 aliphatic heterocycles. The number of benzene rings is 2. The predicted octanol–water partition coefficient (Wildman–Crippen LogP) is 4.58. The van der Waals surface area contributed by atoms with E-state index in [0.717, 1.165) is 33.7 Å². The summed E-state index contributed by atoms with van der Waals surface area (Å²) in [5.41, 5.74) is 9.67. The van der Waals surface area contributed by atoms with Crippen molar-refractivity contribution in [2.24, 2.45) is 5.73 Å². The summed E-state index contributed by atoms with van der Waals surface area (Å²) >= 11 is 7.36. The lowest BCUT2D eigenvalue weighted by molar-refractivity contribution is 0.102. The van der Waals surface area contributed by atoms with E-state index in [1.165, 1.54) is 0 Å². The molecule has 134 valence electrons. The Kier molecular flexibility index (Phi) is 4.84. The highest BCUT2D eigenvalue weighted by Gasteiger charge is 2.17. The fourth-order valence-corrected chi connectivity index (χ4v) is 3.87. The monoisotopic (exact) mass is 389 g/mol. The second-order valence-corrected chi connectivity index (χ2v) is 7.33. The summed E-state index contributed by atoms with van der Waals surface area (Å²) in [4.78, 5) is 27.7. The van der Waals surface area contributed by atoms with Crippen molar-refractivity contribution in [2.45, 2.75) is 20.8 Å². The van der Waals surface area contributed by atoms with Crippen LogP contribution in [0, 0.1) is 20.8 Å². The molecular formula is C18H16ClN3O3S. The van der Waals surface area contributed by atoms with Crippen molar-refractivity contribution in [3.8, 4) is 5.19 Å². The average molecular weight is 390 g/mol. The Balaban J connectivity index is 1.95. The molecule has 0 aliphatic carbocycles. The van der Waals surface area contributed by atoms with Gasteiger partial charge in [0, 0.05) is 5.69 Å². The maximum Gasteiger partial charge on any atom is 0.411 e. The fourth-order valence-electron chi connectivity index (χ4n) is 2.79. The standard InChI is InChI=1S/C18H16ClN3O3S/c1-8-4-9(2)15(10(3)5-8)22-16(23)11-6-14-13(7-12(11)19)21-18(26-14)25-17(20)24/h4-7H,1-3H3,(H2,20,24)(H,22,23). The molecular weight excluding hydrogens is 374 g/mol. The number of ether oxygens (including phenoxy) is 1. The van der Waals surface area contributed by atoms with E-state index in [0.29, 0.717) is 15.8 Å². The van der Waals surface area contributed by atoms with E-state index < -0.39 is 6.09 Å². The number of anilines is 1. The number of hydrogen-bond acceptors (Lipinski definition) is 5. The normalized spacial score (nSPS) is 10.8. The Morgan fingerprint density at radius 2 is 1.81 bits per heavy atom. The van der Waals surface area contributed by atoms with Gasteiger partial charge in [0.25, 0.3) is 11.1 Å². The summed E-state index contributed by atoms with van der Waals surface area (Å²) < 4.78 is 5.44. The van der Waals surface area contributed by atoms with Gasteiger partial charge in [-0.2, -0.15) is 0 Å².